The molecule has 0 spiro atoms. The van der Waals surface area contributed by atoms with Gasteiger partial charge in [0.15, 0.2) is 6.54 Å². The van der Waals surface area contributed by atoms with E-state index < -0.39 is 0 Å². The minimum atomic E-state index is -0.155. The van der Waals surface area contributed by atoms with Gasteiger partial charge in [0.1, 0.15) is 18.9 Å². The van der Waals surface area contributed by atoms with E-state index >= 15 is 0 Å². The molecule has 7 heteroatoms. The lowest BCUT2D eigenvalue weighted by Crippen LogP contribution is -3.14. The zero-order valence-electron chi connectivity index (χ0n) is 17.7. The van der Waals surface area contributed by atoms with Gasteiger partial charge in [0.25, 0.3) is 11.8 Å². The second-order valence-corrected chi connectivity index (χ2v) is 7.99. The molecule has 3 N–H and O–H groups in total. The lowest BCUT2D eigenvalue weighted by molar-refractivity contribution is -0.918. The van der Waals surface area contributed by atoms with Crippen LogP contribution in [0.1, 0.15) is 21.5 Å². The molecule has 0 aliphatic carbocycles. The fraction of sp³-hybridized carbons (Fsp3) is 0.391. The normalized spacial score (nSPS) is 15.6. The summed E-state index contributed by atoms with van der Waals surface area (Å²) in [7, 11) is 3.62. The van der Waals surface area contributed by atoms with Crippen molar-refractivity contribution >= 4 is 11.8 Å². The van der Waals surface area contributed by atoms with Crippen molar-refractivity contribution in [3.63, 3.8) is 0 Å². The fourth-order valence-electron chi connectivity index (χ4n) is 3.86. The van der Waals surface area contributed by atoms with Crippen molar-refractivity contribution in [2.24, 2.45) is 0 Å². The molecule has 160 valence electrons. The van der Waals surface area contributed by atoms with Crippen molar-refractivity contribution < 1.29 is 23.8 Å². The molecule has 0 aromatic heterocycles. The number of likely N-dealkylation sites (N-methyl/N-ethyl adjacent to an activating group) is 1. The fourth-order valence-corrected chi connectivity index (χ4v) is 3.86. The molecule has 0 saturated carbocycles. The third-order valence-electron chi connectivity index (χ3n) is 5.62. The van der Waals surface area contributed by atoms with E-state index in [-0.39, 0.29) is 17.6 Å². The van der Waals surface area contributed by atoms with E-state index in [0.29, 0.717) is 31.7 Å². The van der Waals surface area contributed by atoms with Crippen molar-refractivity contribution in [3.8, 4) is 0 Å². The van der Waals surface area contributed by atoms with Crippen LogP contribution in [-0.2, 0) is 17.9 Å². The third kappa shape index (κ3) is 5.87. The van der Waals surface area contributed by atoms with Gasteiger partial charge in [-0.25, -0.2) is 4.39 Å². The molecule has 30 heavy (non-hydrogen) atoms. The second kappa shape index (κ2) is 10.3. The van der Waals surface area contributed by atoms with Crippen LogP contribution in [0.25, 0.3) is 0 Å². The Hall–Kier alpha value is -2.77. The quantitative estimate of drug-likeness (QED) is 0.552. The monoisotopic (exact) mass is 414 g/mol. The van der Waals surface area contributed by atoms with E-state index in [2.05, 4.69) is 5.32 Å². The Morgan fingerprint density at radius 3 is 2.40 bits per heavy atom. The molecular weight excluding hydrogens is 383 g/mol. The van der Waals surface area contributed by atoms with Gasteiger partial charge in [0.05, 0.1) is 33.2 Å². The molecule has 0 radical (unpaired) electrons. The van der Waals surface area contributed by atoms with Crippen molar-refractivity contribution in [1.29, 1.82) is 0 Å². The molecule has 3 rings (SSSR count). The van der Waals surface area contributed by atoms with Gasteiger partial charge in [-0.05, 0) is 18.2 Å². The Bertz CT molecular complexity index is 864. The number of benzene rings is 2. The topological polar surface area (TPSA) is 58.3 Å². The molecule has 2 amide bonds. The number of carbonyl (C=O) groups is 2. The van der Waals surface area contributed by atoms with E-state index in [9.17, 15) is 14.0 Å². The summed E-state index contributed by atoms with van der Waals surface area (Å²) in [6.07, 6.45) is 0. The maximum absolute atomic E-state index is 13.9. The first-order valence-corrected chi connectivity index (χ1v) is 10.4. The Morgan fingerprint density at radius 1 is 1.10 bits per heavy atom. The molecule has 1 aliphatic rings. The summed E-state index contributed by atoms with van der Waals surface area (Å²) in [4.78, 5) is 28.6. The van der Waals surface area contributed by atoms with Gasteiger partial charge in [0, 0.05) is 23.7 Å². The largest absolute Gasteiger partial charge is 0.355 e. The zero-order chi connectivity index (χ0) is 21.5. The van der Waals surface area contributed by atoms with E-state index in [1.807, 2.05) is 36.2 Å². The molecule has 2 aromatic carbocycles. The first-order valence-electron chi connectivity index (χ1n) is 10.4. The van der Waals surface area contributed by atoms with E-state index in [0.717, 1.165) is 35.7 Å². The number of quaternary nitrogens is 2. The van der Waals surface area contributed by atoms with Crippen molar-refractivity contribution in [1.82, 2.24) is 10.2 Å². The first kappa shape index (κ1) is 21.9. The Morgan fingerprint density at radius 2 is 1.77 bits per heavy atom. The smallest absolute Gasteiger partial charge is 0.278 e. The summed E-state index contributed by atoms with van der Waals surface area (Å²) >= 11 is 0. The maximum Gasteiger partial charge on any atom is 0.278 e. The summed E-state index contributed by atoms with van der Waals surface area (Å²) < 4.78 is 13.9. The molecule has 2 aromatic rings. The van der Waals surface area contributed by atoms with E-state index in [4.69, 9.17) is 0 Å². The highest BCUT2D eigenvalue weighted by Gasteiger charge is 2.26. The van der Waals surface area contributed by atoms with Crippen molar-refractivity contribution in [2.45, 2.75) is 13.1 Å². The van der Waals surface area contributed by atoms with Crippen LogP contribution in [0.15, 0.2) is 48.5 Å². The van der Waals surface area contributed by atoms with Crippen LogP contribution in [0.5, 0.6) is 0 Å². The molecule has 0 bridgehead atoms. The van der Waals surface area contributed by atoms with Crippen LogP contribution in [0.2, 0.25) is 0 Å². The predicted molar refractivity (Wildman–Crippen MR) is 113 cm³/mol. The third-order valence-corrected chi connectivity index (χ3v) is 5.62. The summed E-state index contributed by atoms with van der Waals surface area (Å²) in [5.41, 5.74) is 2.46. The number of hydrogen-bond donors (Lipinski definition) is 3. The van der Waals surface area contributed by atoms with Crippen LogP contribution in [0.3, 0.4) is 0 Å². The van der Waals surface area contributed by atoms with Crippen LogP contribution in [0.4, 0.5) is 4.39 Å². The molecule has 1 atom stereocenters. The van der Waals surface area contributed by atoms with Gasteiger partial charge < -0.3 is 20.0 Å². The highest BCUT2D eigenvalue weighted by Crippen LogP contribution is 2.05. The van der Waals surface area contributed by atoms with Crippen LogP contribution >= 0.6 is 0 Å². The van der Waals surface area contributed by atoms with Gasteiger partial charge in [0.2, 0.25) is 0 Å². The zero-order valence-corrected chi connectivity index (χ0v) is 17.7. The Labute approximate surface area is 177 Å². The number of hydrogen-bond acceptors (Lipinski definition) is 2. The van der Waals surface area contributed by atoms with Crippen LogP contribution in [0, 0.1) is 5.82 Å². The van der Waals surface area contributed by atoms with Crippen molar-refractivity contribution in [2.75, 3.05) is 46.8 Å². The number of amides is 2. The minimum Gasteiger partial charge on any atom is -0.355 e. The maximum atomic E-state index is 13.9. The highest BCUT2D eigenvalue weighted by molar-refractivity contribution is 5.93. The van der Waals surface area contributed by atoms with Gasteiger partial charge in [-0.15, -0.1) is 0 Å². The Balaban J connectivity index is 1.44. The molecule has 1 fully saturated rings. The number of halogens is 1. The van der Waals surface area contributed by atoms with E-state index in [1.54, 1.807) is 25.2 Å². The van der Waals surface area contributed by atoms with Gasteiger partial charge in [-0.1, -0.05) is 30.3 Å². The van der Waals surface area contributed by atoms with Crippen LogP contribution in [-0.4, -0.2) is 63.5 Å². The molecule has 1 aliphatic heterocycles. The molecule has 1 saturated heterocycles. The lowest BCUT2D eigenvalue weighted by Gasteiger charge is -2.32. The average Bonchev–Trinajstić information content (AvgIpc) is 2.75. The molecule has 1 unspecified atom stereocenters. The predicted octanol–water partition coefficient (Wildman–Crippen LogP) is -0.873. The van der Waals surface area contributed by atoms with Gasteiger partial charge >= 0.3 is 0 Å². The minimum absolute atomic E-state index is 0.103. The van der Waals surface area contributed by atoms with Gasteiger partial charge in [-0.3, -0.25) is 9.59 Å². The van der Waals surface area contributed by atoms with E-state index in [1.165, 1.54) is 11.0 Å². The molecule has 1 heterocycles. The standard InChI is InChI=1S/C23H29FN4O2/c1-25-23(30)19-9-7-18(8-10-19)15-26(2)17-22(29)28-13-11-27(12-14-28)16-20-5-3-4-6-21(20)24/h3-10H,11-17H2,1-2H3,(H,25,30)/p+2. The number of rotatable bonds is 7. The average molecular weight is 415 g/mol. The SMILES string of the molecule is CNC(=O)c1ccc(C[NH+](C)CC(=O)N2CC[NH+](Cc3ccccc3F)CC2)cc1. The second-order valence-electron chi connectivity index (χ2n) is 7.99. The van der Waals surface area contributed by atoms with Crippen LogP contribution < -0.4 is 15.1 Å². The first-order chi connectivity index (χ1) is 14.5. The number of nitrogens with one attached hydrogen (secondary N) is 3. The number of piperazine rings is 1. The lowest BCUT2D eigenvalue weighted by atomic mass is 10.1. The number of nitrogens with zero attached hydrogens (tertiary/aromatic N) is 1. The molecular formula is C23H31FN4O2+2. The summed E-state index contributed by atoms with van der Waals surface area (Å²) in [5.74, 6) is -0.106. The van der Waals surface area contributed by atoms with Gasteiger partial charge in [-0.2, -0.15) is 0 Å². The summed E-state index contributed by atoms with van der Waals surface area (Å²) in [6.45, 7) is 4.89. The Kier molecular flexibility index (Phi) is 7.54. The van der Waals surface area contributed by atoms with Crippen molar-refractivity contribution in [3.05, 3.63) is 71.0 Å². The summed E-state index contributed by atoms with van der Waals surface area (Å²) in [5, 5.41) is 2.61. The number of carbonyl (C=O) groups excluding carboxylic acids is 2. The highest BCUT2D eigenvalue weighted by atomic mass is 19.1. The molecule has 6 nitrogen and oxygen atoms in total. The summed E-state index contributed by atoms with van der Waals surface area (Å²) in [6, 6.07) is 14.4.